The average molecular weight is 551 g/mol. The summed E-state index contributed by atoms with van der Waals surface area (Å²) in [4.78, 5) is 47.2. The Kier molecular flexibility index (Phi) is 8.91. The number of benzene rings is 1. The van der Waals surface area contributed by atoms with Gasteiger partial charge < -0.3 is 19.9 Å². The molecule has 2 N–H and O–H groups in total. The predicted molar refractivity (Wildman–Crippen MR) is 152 cm³/mol. The molecule has 1 aliphatic heterocycles. The third-order valence-corrected chi connectivity index (χ3v) is 7.17. The number of rotatable bonds is 9. The van der Waals surface area contributed by atoms with Crippen molar-refractivity contribution in [2.24, 2.45) is 0 Å². The minimum Gasteiger partial charge on any atom is -0.444 e. The number of hydrogen-bond donors (Lipinski definition) is 2. The first-order chi connectivity index (χ1) is 19.0. The van der Waals surface area contributed by atoms with Crippen LogP contribution in [0.15, 0.2) is 42.6 Å². The lowest BCUT2D eigenvalue weighted by atomic mass is 9.89. The lowest BCUT2D eigenvalue weighted by Crippen LogP contribution is -2.49. The van der Waals surface area contributed by atoms with Crippen molar-refractivity contribution in [3.63, 3.8) is 0 Å². The highest BCUT2D eigenvalue weighted by molar-refractivity contribution is 5.99. The monoisotopic (exact) mass is 550 g/mol. The number of pyridine rings is 1. The van der Waals surface area contributed by atoms with Gasteiger partial charge in [0.15, 0.2) is 5.78 Å². The van der Waals surface area contributed by atoms with Crippen LogP contribution in [0, 0.1) is 0 Å². The van der Waals surface area contributed by atoms with E-state index >= 15 is 4.39 Å². The third-order valence-electron chi connectivity index (χ3n) is 7.17. The number of nitrogens with one attached hydrogen (secondary N) is 2. The van der Waals surface area contributed by atoms with E-state index in [9.17, 15) is 14.4 Å². The highest BCUT2D eigenvalue weighted by Crippen LogP contribution is 2.32. The molecule has 1 saturated heterocycles. The molecule has 2 aromatic heterocycles. The van der Waals surface area contributed by atoms with Gasteiger partial charge in [-0.3, -0.25) is 9.59 Å². The number of hydrogen-bond acceptors (Lipinski definition) is 5. The molecule has 1 fully saturated rings. The van der Waals surface area contributed by atoms with E-state index in [2.05, 4.69) is 15.3 Å². The molecule has 4 rings (SSSR count). The second kappa shape index (κ2) is 12.2. The summed E-state index contributed by atoms with van der Waals surface area (Å²) in [5.41, 5.74) is 1.17. The lowest BCUT2D eigenvalue weighted by Gasteiger charge is -2.38. The molecule has 1 aromatic carbocycles. The van der Waals surface area contributed by atoms with Gasteiger partial charge in [-0.05, 0) is 82.7 Å². The number of amides is 2. The molecular weight excluding hydrogens is 511 g/mol. The van der Waals surface area contributed by atoms with Crippen molar-refractivity contribution in [2.45, 2.75) is 77.0 Å². The summed E-state index contributed by atoms with van der Waals surface area (Å²) in [7, 11) is 1.53. The Hall–Kier alpha value is -3.75. The molecule has 0 radical (unpaired) electrons. The number of ether oxygens (including phenoxy) is 1. The van der Waals surface area contributed by atoms with Gasteiger partial charge in [-0.1, -0.05) is 12.1 Å². The smallest absolute Gasteiger partial charge is 0.410 e. The number of ketones is 1. The molecule has 214 valence electrons. The van der Waals surface area contributed by atoms with Crippen LogP contribution in [-0.2, 0) is 11.2 Å². The van der Waals surface area contributed by atoms with Gasteiger partial charge in [0.05, 0.1) is 6.54 Å². The second-order valence-electron chi connectivity index (χ2n) is 11.6. The van der Waals surface area contributed by atoms with Gasteiger partial charge in [-0.2, -0.15) is 0 Å². The van der Waals surface area contributed by atoms with Crippen LogP contribution in [-0.4, -0.2) is 64.1 Å². The number of nitrogens with zero attached hydrogens (tertiary/aromatic N) is 2. The maximum Gasteiger partial charge on any atom is 0.410 e. The van der Waals surface area contributed by atoms with Crippen molar-refractivity contribution < 1.29 is 23.5 Å². The van der Waals surface area contributed by atoms with Gasteiger partial charge in [0.2, 0.25) is 0 Å². The van der Waals surface area contributed by atoms with Crippen LogP contribution < -0.4 is 5.32 Å². The summed E-state index contributed by atoms with van der Waals surface area (Å²) in [5.74, 6) is -0.470. The maximum absolute atomic E-state index is 15.6. The molecule has 0 saturated carbocycles. The Morgan fingerprint density at radius 1 is 1.18 bits per heavy atom. The Morgan fingerprint density at radius 3 is 2.73 bits per heavy atom. The van der Waals surface area contributed by atoms with E-state index in [4.69, 9.17) is 4.74 Å². The number of fused-ring (bicyclic) bond motifs is 1. The Labute approximate surface area is 234 Å². The minimum absolute atomic E-state index is 0.00691. The highest BCUT2D eigenvalue weighted by atomic mass is 19.1. The summed E-state index contributed by atoms with van der Waals surface area (Å²) in [5, 5.41) is 3.65. The van der Waals surface area contributed by atoms with Crippen LogP contribution in [0.1, 0.15) is 91.4 Å². The van der Waals surface area contributed by atoms with Gasteiger partial charge in [0, 0.05) is 54.8 Å². The highest BCUT2D eigenvalue weighted by Gasteiger charge is 2.38. The van der Waals surface area contributed by atoms with Crippen LogP contribution in [0.2, 0.25) is 0 Å². The standard InChI is InChI=1S/C31H39FN4O4/c1-30(2,3)40-29(39)36-16-8-14-31(32,20-36)13-6-5-11-27(37)22-18-23(35-26(19-22)28(38)33-4)17-21-9-7-10-25-24(21)12-15-34-25/h7,9-10,12,15,18-19,34H,5-6,8,11,13-14,16-17,20H2,1-4H3,(H,33,38)/t31-/m1/s1. The number of halogens is 1. The summed E-state index contributed by atoms with van der Waals surface area (Å²) in [6.07, 6.45) is 4.34. The summed E-state index contributed by atoms with van der Waals surface area (Å²) < 4.78 is 21.0. The first-order valence-electron chi connectivity index (χ1n) is 13.9. The van der Waals surface area contributed by atoms with Gasteiger partial charge in [-0.25, -0.2) is 14.2 Å². The fraction of sp³-hybridized carbons (Fsp3) is 0.484. The molecule has 0 unspecified atom stereocenters. The molecule has 3 aromatic rings. The number of carbonyl (C=O) groups is 3. The van der Waals surface area contributed by atoms with Crippen molar-refractivity contribution in [1.29, 1.82) is 0 Å². The number of aromatic amines is 1. The van der Waals surface area contributed by atoms with Crippen LogP contribution in [0.25, 0.3) is 10.9 Å². The maximum atomic E-state index is 15.6. The van der Waals surface area contributed by atoms with Crippen molar-refractivity contribution in [2.75, 3.05) is 20.1 Å². The largest absolute Gasteiger partial charge is 0.444 e. The Balaban J connectivity index is 1.38. The molecule has 0 aliphatic carbocycles. The van der Waals surface area contributed by atoms with E-state index in [1.165, 1.54) is 18.0 Å². The minimum atomic E-state index is -1.49. The number of likely N-dealkylation sites (tertiary alicyclic amines) is 1. The molecule has 1 aliphatic rings. The molecule has 8 nitrogen and oxygen atoms in total. The van der Waals surface area contributed by atoms with E-state index in [0.29, 0.717) is 49.9 Å². The summed E-state index contributed by atoms with van der Waals surface area (Å²) in [6.45, 7) is 5.86. The molecule has 1 atom stereocenters. The molecule has 40 heavy (non-hydrogen) atoms. The van der Waals surface area contributed by atoms with Crippen molar-refractivity contribution in [3.8, 4) is 0 Å². The number of Topliss-reactive ketones (excluding diaryl/α,β-unsaturated/α-hetero) is 1. The van der Waals surface area contributed by atoms with Crippen LogP contribution in [0.5, 0.6) is 0 Å². The number of H-pyrrole nitrogens is 1. The predicted octanol–water partition coefficient (Wildman–Crippen LogP) is 6.00. The number of carbonyl (C=O) groups excluding carboxylic acids is 3. The summed E-state index contributed by atoms with van der Waals surface area (Å²) in [6, 6.07) is 11.2. The van der Waals surface area contributed by atoms with E-state index in [1.54, 1.807) is 26.8 Å². The Bertz CT molecular complexity index is 1380. The fourth-order valence-electron chi connectivity index (χ4n) is 5.23. The van der Waals surface area contributed by atoms with Gasteiger partial charge >= 0.3 is 6.09 Å². The SMILES string of the molecule is CNC(=O)c1cc(C(=O)CCCC[C@@]2(F)CCCN(C(=O)OC(C)(C)C)C2)cc(Cc2cccc3[nH]ccc23)n1. The van der Waals surface area contributed by atoms with E-state index in [1.807, 2.05) is 30.5 Å². The van der Waals surface area contributed by atoms with E-state index < -0.39 is 17.4 Å². The first kappa shape index (κ1) is 29.2. The van der Waals surface area contributed by atoms with Crippen molar-refractivity contribution in [3.05, 3.63) is 65.1 Å². The van der Waals surface area contributed by atoms with Gasteiger partial charge in [0.25, 0.3) is 5.91 Å². The zero-order valence-corrected chi connectivity index (χ0v) is 23.8. The molecule has 9 heteroatoms. The third kappa shape index (κ3) is 7.46. The summed E-state index contributed by atoms with van der Waals surface area (Å²) >= 11 is 0. The Morgan fingerprint density at radius 2 is 1.98 bits per heavy atom. The first-order valence-corrected chi connectivity index (χ1v) is 13.9. The van der Waals surface area contributed by atoms with E-state index in [0.717, 1.165) is 16.5 Å². The number of unbranched alkanes of at least 4 members (excludes halogenated alkanes) is 1. The average Bonchev–Trinajstić information content (AvgIpc) is 3.39. The quantitative estimate of drug-likeness (QED) is 0.251. The van der Waals surface area contributed by atoms with Crippen molar-refractivity contribution in [1.82, 2.24) is 20.2 Å². The van der Waals surface area contributed by atoms with Crippen LogP contribution >= 0.6 is 0 Å². The lowest BCUT2D eigenvalue weighted by molar-refractivity contribution is -0.00817. The fourth-order valence-corrected chi connectivity index (χ4v) is 5.23. The molecule has 2 amide bonds. The number of piperidine rings is 1. The zero-order chi connectivity index (χ0) is 28.9. The molecular formula is C31H39FN4O4. The second-order valence-corrected chi connectivity index (χ2v) is 11.6. The zero-order valence-electron chi connectivity index (χ0n) is 23.8. The van der Waals surface area contributed by atoms with Crippen molar-refractivity contribution >= 4 is 28.7 Å². The van der Waals surface area contributed by atoms with Gasteiger partial charge in [-0.15, -0.1) is 0 Å². The number of alkyl halides is 1. The molecule has 0 bridgehead atoms. The van der Waals surface area contributed by atoms with Crippen LogP contribution in [0.4, 0.5) is 9.18 Å². The van der Waals surface area contributed by atoms with Crippen LogP contribution in [0.3, 0.4) is 0 Å². The number of aromatic nitrogens is 2. The topological polar surface area (TPSA) is 104 Å². The molecule has 0 spiro atoms. The van der Waals surface area contributed by atoms with Gasteiger partial charge in [0.1, 0.15) is 17.0 Å². The normalized spacial score (nSPS) is 17.6. The van der Waals surface area contributed by atoms with E-state index in [-0.39, 0.29) is 36.8 Å². The molecule has 3 heterocycles.